The Balaban J connectivity index is 0.00000218. The zero-order valence-corrected chi connectivity index (χ0v) is 16.7. The van der Waals surface area contributed by atoms with Gasteiger partial charge in [-0.15, -0.1) is 22.6 Å². The molecule has 7 heteroatoms. The van der Waals surface area contributed by atoms with Crippen molar-refractivity contribution < 1.29 is 4.74 Å². The third kappa shape index (κ3) is 3.86. The second-order valence-corrected chi connectivity index (χ2v) is 6.59. The summed E-state index contributed by atoms with van der Waals surface area (Å²) in [6, 6.07) is 26.2. The number of rotatable bonds is 5. The number of ether oxygens (including phenoxy) is 1. The molecule has 0 aliphatic rings. The van der Waals surface area contributed by atoms with E-state index in [1.54, 1.807) is 6.20 Å². The van der Waals surface area contributed by atoms with E-state index in [2.05, 4.69) is 55.9 Å². The minimum atomic E-state index is 0. The molecule has 0 aliphatic heterocycles. The van der Waals surface area contributed by atoms with Gasteiger partial charge in [-0.1, -0.05) is 60.7 Å². The Hall–Kier alpha value is -3.77. The molecule has 0 atom stereocenters. The number of halogens is 1. The van der Waals surface area contributed by atoms with E-state index in [0.717, 1.165) is 38.9 Å². The molecule has 148 valence electrons. The van der Waals surface area contributed by atoms with Crippen LogP contribution in [0.1, 0.15) is 5.56 Å². The molecule has 30 heavy (non-hydrogen) atoms. The number of fused-ring (bicyclic) bond motifs is 1. The number of aromatic nitrogens is 5. The number of aromatic amines is 1. The van der Waals surface area contributed by atoms with Crippen LogP contribution in [0.15, 0.2) is 85.1 Å². The van der Waals surface area contributed by atoms with Gasteiger partial charge in [-0.05, 0) is 40.1 Å². The predicted molar refractivity (Wildman–Crippen MR) is 118 cm³/mol. The van der Waals surface area contributed by atoms with E-state index in [9.17, 15) is 0 Å². The molecule has 0 spiro atoms. The van der Waals surface area contributed by atoms with Crippen molar-refractivity contribution in [2.24, 2.45) is 0 Å². The van der Waals surface area contributed by atoms with Crippen LogP contribution in [0.3, 0.4) is 0 Å². The van der Waals surface area contributed by atoms with Crippen LogP contribution in [-0.4, -0.2) is 25.6 Å². The first-order chi connectivity index (χ1) is 14.4. The Labute approximate surface area is 179 Å². The van der Waals surface area contributed by atoms with Gasteiger partial charge in [-0.25, -0.2) is 0 Å². The average molecular weight is 416 g/mol. The van der Waals surface area contributed by atoms with Crippen molar-refractivity contribution in [1.82, 2.24) is 25.6 Å². The Morgan fingerprint density at radius 3 is 2.37 bits per heavy atom. The van der Waals surface area contributed by atoms with E-state index in [1.807, 2.05) is 48.5 Å². The van der Waals surface area contributed by atoms with Crippen LogP contribution in [0.2, 0.25) is 0 Å². The summed E-state index contributed by atoms with van der Waals surface area (Å²) in [7, 11) is 0. The molecule has 2 aromatic heterocycles. The molecule has 0 amide bonds. The highest BCUT2D eigenvalue weighted by atomic mass is 35.5. The van der Waals surface area contributed by atoms with Gasteiger partial charge < -0.3 is 4.74 Å². The van der Waals surface area contributed by atoms with Gasteiger partial charge in [0.25, 0.3) is 0 Å². The van der Waals surface area contributed by atoms with Crippen molar-refractivity contribution in [2.75, 3.05) is 0 Å². The molecule has 0 fully saturated rings. The fraction of sp³-hybridized carbons (Fsp3) is 0.0435. The molecular formula is C23H18ClN5O. The fourth-order valence-corrected chi connectivity index (χ4v) is 3.34. The highest BCUT2D eigenvalue weighted by molar-refractivity contribution is 5.85. The minimum absolute atomic E-state index is 0. The summed E-state index contributed by atoms with van der Waals surface area (Å²) in [5, 5.41) is 15.4. The van der Waals surface area contributed by atoms with Crippen LogP contribution in [0.4, 0.5) is 0 Å². The maximum atomic E-state index is 6.06. The van der Waals surface area contributed by atoms with E-state index in [1.165, 1.54) is 0 Å². The number of para-hydroxylation sites is 1. The predicted octanol–water partition coefficient (Wildman–Crippen LogP) is 5.08. The maximum Gasteiger partial charge on any atom is 0.205 e. The first-order valence-corrected chi connectivity index (χ1v) is 9.27. The van der Waals surface area contributed by atoms with Crippen LogP contribution in [0, 0.1) is 0 Å². The number of tetrazole rings is 1. The topological polar surface area (TPSA) is 76.6 Å². The molecule has 0 saturated heterocycles. The molecule has 5 aromatic rings. The van der Waals surface area contributed by atoms with Crippen LogP contribution >= 0.6 is 12.4 Å². The third-order valence-corrected chi connectivity index (χ3v) is 4.78. The second-order valence-electron chi connectivity index (χ2n) is 6.59. The van der Waals surface area contributed by atoms with E-state index in [4.69, 9.17) is 4.74 Å². The zero-order chi connectivity index (χ0) is 19.5. The lowest BCUT2D eigenvalue weighted by molar-refractivity contribution is 0.310. The third-order valence-electron chi connectivity index (χ3n) is 4.78. The molecule has 6 nitrogen and oxygen atoms in total. The molecular weight excluding hydrogens is 398 g/mol. The monoisotopic (exact) mass is 415 g/mol. The smallest absolute Gasteiger partial charge is 0.205 e. The van der Waals surface area contributed by atoms with Gasteiger partial charge in [0.15, 0.2) is 0 Å². The summed E-state index contributed by atoms with van der Waals surface area (Å²) in [5.41, 5.74) is 5.10. The Kier molecular flexibility index (Phi) is 5.68. The van der Waals surface area contributed by atoms with Crippen molar-refractivity contribution >= 4 is 23.3 Å². The summed E-state index contributed by atoms with van der Waals surface area (Å²) in [5.74, 6) is 1.42. The minimum Gasteiger partial charge on any atom is -0.488 e. The van der Waals surface area contributed by atoms with Gasteiger partial charge >= 0.3 is 0 Å². The summed E-state index contributed by atoms with van der Waals surface area (Å²) in [6.07, 6.45) is 1.77. The number of nitrogens with zero attached hydrogens (tertiary/aromatic N) is 4. The molecule has 2 heterocycles. The number of benzene rings is 3. The Bertz CT molecular complexity index is 1250. The average Bonchev–Trinajstić information content (AvgIpc) is 3.33. The molecule has 0 bridgehead atoms. The molecule has 3 aromatic carbocycles. The van der Waals surface area contributed by atoms with Crippen molar-refractivity contribution in [3.05, 3.63) is 90.6 Å². The number of pyridine rings is 1. The van der Waals surface area contributed by atoms with Gasteiger partial charge in [0.05, 0.1) is 5.52 Å². The van der Waals surface area contributed by atoms with E-state index < -0.39 is 0 Å². The molecule has 5 rings (SSSR count). The summed E-state index contributed by atoms with van der Waals surface area (Å²) >= 11 is 0. The van der Waals surface area contributed by atoms with Gasteiger partial charge in [0.1, 0.15) is 12.4 Å². The Morgan fingerprint density at radius 2 is 1.57 bits per heavy atom. The molecule has 1 N–H and O–H groups in total. The first kappa shape index (κ1) is 19.5. The van der Waals surface area contributed by atoms with E-state index in [0.29, 0.717) is 12.4 Å². The quantitative estimate of drug-likeness (QED) is 0.433. The lowest BCUT2D eigenvalue weighted by Crippen LogP contribution is -1.96. The number of hydrogen-bond acceptors (Lipinski definition) is 5. The van der Waals surface area contributed by atoms with Crippen LogP contribution in [0.25, 0.3) is 33.4 Å². The summed E-state index contributed by atoms with van der Waals surface area (Å²) < 4.78 is 6.06. The highest BCUT2D eigenvalue weighted by Crippen LogP contribution is 2.30. The fourth-order valence-electron chi connectivity index (χ4n) is 3.34. The SMILES string of the molecule is Cl.c1ccc(-c2nn[nH]n2)c(-c2ccc(COc3ccnc4ccccc34)cc2)c1. The van der Waals surface area contributed by atoms with Crippen molar-refractivity contribution in [1.29, 1.82) is 0 Å². The van der Waals surface area contributed by atoms with Crippen molar-refractivity contribution in [2.45, 2.75) is 6.61 Å². The second kappa shape index (κ2) is 8.71. The first-order valence-electron chi connectivity index (χ1n) is 9.27. The summed E-state index contributed by atoms with van der Waals surface area (Å²) in [4.78, 5) is 4.37. The number of nitrogens with one attached hydrogen (secondary N) is 1. The molecule has 0 radical (unpaired) electrons. The normalized spacial score (nSPS) is 10.5. The zero-order valence-electron chi connectivity index (χ0n) is 15.9. The van der Waals surface area contributed by atoms with Crippen molar-refractivity contribution in [3.63, 3.8) is 0 Å². The molecule has 0 aliphatic carbocycles. The van der Waals surface area contributed by atoms with Gasteiger partial charge in [0.2, 0.25) is 5.82 Å². The van der Waals surface area contributed by atoms with Gasteiger partial charge in [0, 0.05) is 17.1 Å². The molecule has 0 unspecified atom stereocenters. The lowest BCUT2D eigenvalue weighted by atomic mass is 9.98. The number of hydrogen-bond donors (Lipinski definition) is 1. The largest absolute Gasteiger partial charge is 0.488 e. The maximum absolute atomic E-state index is 6.06. The Morgan fingerprint density at radius 1 is 0.800 bits per heavy atom. The number of H-pyrrole nitrogens is 1. The van der Waals surface area contributed by atoms with Crippen molar-refractivity contribution in [3.8, 4) is 28.3 Å². The summed E-state index contributed by atoms with van der Waals surface area (Å²) in [6.45, 7) is 0.487. The van der Waals surface area contributed by atoms with Gasteiger partial charge in [-0.2, -0.15) is 5.21 Å². The highest BCUT2D eigenvalue weighted by Gasteiger charge is 2.10. The standard InChI is InChI=1S/C23H17N5O.ClH/c1-2-6-19(23-25-27-28-26-23)18(5-1)17-11-9-16(10-12-17)15-29-22-13-14-24-21-8-4-3-7-20(21)22;/h1-14H,15H2,(H,25,26,27,28);1H. The van der Waals surface area contributed by atoms with Crippen LogP contribution < -0.4 is 4.74 Å². The van der Waals surface area contributed by atoms with Crippen LogP contribution in [-0.2, 0) is 6.61 Å². The van der Waals surface area contributed by atoms with E-state index >= 15 is 0 Å². The van der Waals surface area contributed by atoms with E-state index in [-0.39, 0.29) is 12.4 Å². The molecule has 0 saturated carbocycles. The lowest BCUT2D eigenvalue weighted by Gasteiger charge is -2.10. The van der Waals surface area contributed by atoms with Gasteiger partial charge in [-0.3, -0.25) is 4.98 Å². The van der Waals surface area contributed by atoms with Crippen LogP contribution in [0.5, 0.6) is 5.75 Å².